The number of fused-ring (bicyclic) bond motifs is 1. The Morgan fingerprint density at radius 3 is 2.56 bits per heavy atom. The number of hydrogen-bond acceptors (Lipinski definition) is 6. The minimum Gasteiger partial charge on any atom is -0.493 e. The molecule has 204 valence electrons. The number of aromatic nitrogens is 1. The number of rotatable bonds is 9. The average Bonchev–Trinajstić information content (AvgIpc) is 3.75. The highest BCUT2D eigenvalue weighted by Gasteiger charge is 2.41. The highest BCUT2D eigenvalue weighted by Crippen LogP contribution is 2.44. The molecule has 7 nitrogen and oxygen atoms in total. The maximum absolute atomic E-state index is 11.2. The number of halogens is 1. The van der Waals surface area contributed by atoms with E-state index in [1.807, 2.05) is 0 Å². The molecule has 39 heavy (non-hydrogen) atoms. The van der Waals surface area contributed by atoms with Crippen molar-refractivity contribution in [1.29, 1.82) is 0 Å². The van der Waals surface area contributed by atoms with Crippen LogP contribution in [-0.4, -0.2) is 72.5 Å². The van der Waals surface area contributed by atoms with Crippen LogP contribution in [0.5, 0.6) is 5.75 Å². The van der Waals surface area contributed by atoms with Crippen LogP contribution in [0.2, 0.25) is 5.02 Å². The Bertz CT molecular complexity index is 1340. The molecule has 0 saturated carbocycles. The average molecular weight is 548 g/mol. The van der Waals surface area contributed by atoms with Gasteiger partial charge in [0.2, 0.25) is 0 Å². The van der Waals surface area contributed by atoms with Crippen molar-refractivity contribution in [3.8, 4) is 16.9 Å². The molecule has 1 aliphatic carbocycles. The third kappa shape index (κ3) is 5.76. The summed E-state index contributed by atoms with van der Waals surface area (Å²) in [5.41, 5.74) is 6.02. The monoisotopic (exact) mass is 547 g/mol. The van der Waals surface area contributed by atoms with Gasteiger partial charge in [-0.05, 0) is 54.2 Å². The zero-order valence-corrected chi connectivity index (χ0v) is 22.8. The van der Waals surface area contributed by atoms with Crippen LogP contribution in [0.25, 0.3) is 11.1 Å². The molecule has 0 amide bonds. The molecular weight excluding hydrogens is 514 g/mol. The first-order valence-electron chi connectivity index (χ1n) is 13.8. The fourth-order valence-electron chi connectivity index (χ4n) is 6.26. The molecule has 2 saturated heterocycles. The highest BCUT2D eigenvalue weighted by atomic mass is 35.5. The summed E-state index contributed by atoms with van der Waals surface area (Å²) in [6.07, 6.45) is 5.97. The lowest BCUT2D eigenvalue weighted by Crippen LogP contribution is -2.59. The SMILES string of the molecule is O=C(O)Cc1cc(Cl)cc(OCCC2(N3CCOCC3)CCN(c3ncc(-c4ccccc4)c4c3C4)CC2)c1. The lowest BCUT2D eigenvalue weighted by Gasteiger charge is -2.50. The molecule has 0 unspecified atom stereocenters. The fourth-order valence-corrected chi connectivity index (χ4v) is 6.51. The summed E-state index contributed by atoms with van der Waals surface area (Å²) in [4.78, 5) is 21.2. The summed E-state index contributed by atoms with van der Waals surface area (Å²) in [6, 6.07) is 15.8. The van der Waals surface area contributed by atoms with E-state index >= 15 is 0 Å². The van der Waals surface area contributed by atoms with E-state index < -0.39 is 5.97 Å². The van der Waals surface area contributed by atoms with E-state index in [4.69, 9.17) is 31.2 Å². The molecule has 8 heteroatoms. The number of aliphatic carboxylic acids is 1. The Hall–Kier alpha value is -3.13. The molecule has 3 heterocycles. The van der Waals surface area contributed by atoms with Crippen LogP contribution in [0.15, 0.2) is 54.7 Å². The van der Waals surface area contributed by atoms with Crippen molar-refractivity contribution in [2.45, 2.75) is 37.6 Å². The van der Waals surface area contributed by atoms with Crippen molar-refractivity contribution >= 4 is 23.4 Å². The molecule has 2 aliphatic heterocycles. The number of ether oxygens (including phenoxy) is 2. The third-order valence-electron chi connectivity index (χ3n) is 8.39. The second kappa shape index (κ2) is 11.2. The Morgan fingerprint density at radius 2 is 1.82 bits per heavy atom. The lowest BCUT2D eigenvalue weighted by atomic mass is 9.82. The van der Waals surface area contributed by atoms with Crippen LogP contribution >= 0.6 is 11.6 Å². The lowest BCUT2D eigenvalue weighted by molar-refractivity contribution is -0.136. The summed E-state index contributed by atoms with van der Waals surface area (Å²) >= 11 is 6.24. The summed E-state index contributed by atoms with van der Waals surface area (Å²) in [5, 5.41) is 9.65. The minimum absolute atomic E-state index is 0.0315. The standard InChI is InChI=1S/C31H34ClN3O4/c32-24-16-22(18-29(36)37)17-25(19-24)39-13-8-31(35-11-14-38-15-12-35)6-9-34(10-7-31)30-27-20-26(27)28(21-33-30)23-4-2-1-3-5-23/h1-5,16-17,19,21H,6-15,18,20H2,(H,36,37). The van der Waals surface area contributed by atoms with Gasteiger partial charge >= 0.3 is 5.97 Å². The molecule has 1 aromatic heterocycles. The van der Waals surface area contributed by atoms with E-state index in [2.05, 4.69) is 46.3 Å². The number of hydrogen-bond donors (Lipinski definition) is 1. The van der Waals surface area contributed by atoms with Crippen molar-refractivity contribution in [2.24, 2.45) is 0 Å². The van der Waals surface area contributed by atoms with Gasteiger partial charge in [0.1, 0.15) is 11.6 Å². The van der Waals surface area contributed by atoms with E-state index in [1.54, 1.807) is 18.2 Å². The number of anilines is 1. The van der Waals surface area contributed by atoms with Crippen LogP contribution in [-0.2, 0) is 22.4 Å². The van der Waals surface area contributed by atoms with Crippen molar-refractivity contribution in [3.05, 3.63) is 76.4 Å². The summed E-state index contributed by atoms with van der Waals surface area (Å²) < 4.78 is 11.8. The number of morpholine rings is 1. The molecule has 0 radical (unpaired) electrons. The first-order chi connectivity index (χ1) is 19.0. The molecule has 3 aromatic rings. The van der Waals surface area contributed by atoms with Gasteiger partial charge < -0.3 is 19.5 Å². The maximum atomic E-state index is 11.2. The minimum atomic E-state index is -0.885. The number of nitrogens with zero attached hydrogens (tertiary/aromatic N) is 3. The van der Waals surface area contributed by atoms with Crippen LogP contribution < -0.4 is 9.64 Å². The number of piperidine rings is 1. The number of benzene rings is 2. The molecule has 1 N–H and O–H groups in total. The number of carboxylic acids is 1. The zero-order valence-electron chi connectivity index (χ0n) is 22.1. The molecule has 6 rings (SSSR count). The predicted octanol–water partition coefficient (Wildman–Crippen LogP) is 5.07. The van der Waals surface area contributed by atoms with Crippen LogP contribution in [0, 0.1) is 0 Å². The van der Waals surface area contributed by atoms with E-state index in [0.717, 1.165) is 70.9 Å². The van der Waals surface area contributed by atoms with Gasteiger partial charge in [-0.1, -0.05) is 41.9 Å². The number of carbonyl (C=O) groups is 1. The van der Waals surface area contributed by atoms with E-state index in [1.165, 1.54) is 22.3 Å². The van der Waals surface area contributed by atoms with Crippen LogP contribution in [0.3, 0.4) is 0 Å². The largest absolute Gasteiger partial charge is 0.493 e. The predicted molar refractivity (Wildman–Crippen MR) is 152 cm³/mol. The van der Waals surface area contributed by atoms with Gasteiger partial charge in [0, 0.05) is 60.5 Å². The molecule has 0 bridgehead atoms. The van der Waals surface area contributed by atoms with Gasteiger partial charge in [-0.25, -0.2) is 4.98 Å². The first kappa shape index (κ1) is 26.1. The quantitative estimate of drug-likeness (QED) is 0.313. The van der Waals surface area contributed by atoms with Crippen LogP contribution in [0.1, 0.15) is 36.0 Å². The fraction of sp³-hybridized carbons (Fsp3) is 0.419. The van der Waals surface area contributed by atoms with Crippen molar-refractivity contribution in [1.82, 2.24) is 9.88 Å². The van der Waals surface area contributed by atoms with Gasteiger partial charge in [0.15, 0.2) is 0 Å². The van der Waals surface area contributed by atoms with Gasteiger partial charge in [0.25, 0.3) is 0 Å². The van der Waals surface area contributed by atoms with Gasteiger partial charge in [0.05, 0.1) is 26.2 Å². The highest BCUT2D eigenvalue weighted by molar-refractivity contribution is 6.30. The summed E-state index contributed by atoms with van der Waals surface area (Å²) in [5.74, 6) is 0.894. The molecule has 2 aromatic carbocycles. The summed E-state index contributed by atoms with van der Waals surface area (Å²) in [7, 11) is 0. The van der Waals surface area contributed by atoms with Gasteiger partial charge in [-0.2, -0.15) is 0 Å². The van der Waals surface area contributed by atoms with Crippen molar-refractivity contribution < 1.29 is 19.4 Å². The molecule has 2 fully saturated rings. The molecular formula is C31H34ClN3O4. The van der Waals surface area contributed by atoms with E-state index in [0.29, 0.717) is 22.9 Å². The van der Waals surface area contributed by atoms with Crippen LogP contribution in [0.4, 0.5) is 5.82 Å². The van der Waals surface area contributed by atoms with Gasteiger partial charge in [-0.15, -0.1) is 0 Å². The summed E-state index contributed by atoms with van der Waals surface area (Å²) in [6.45, 7) is 5.84. The maximum Gasteiger partial charge on any atom is 0.307 e. The molecule has 0 spiro atoms. The first-order valence-corrected chi connectivity index (χ1v) is 14.2. The smallest absolute Gasteiger partial charge is 0.307 e. The number of carboxylic acid groups (broad SMARTS) is 1. The Labute approximate surface area is 234 Å². The normalized spacial score (nSPS) is 18.4. The van der Waals surface area contributed by atoms with Gasteiger partial charge in [-0.3, -0.25) is 9.69 Å². The molecule has 0 atom stereocenters. The van der Waals surface area contributed by atoms with Crippen molar-refractivity contribution in [3.63, 3.8) is 0 Å². The Balaban J connectivity index is 1.14. The number of pyridine rings is 1. The molecule has 3 aliphatic rings. The zero-order chi connectivity index (χ0) is 26.8. The second-order valence-corrected chi connectivity index (χ2v) is 11.2. The van der Waals surface area contributed by atoms with Crippen molar-refractivity contribution in [2.75, 3.05) is 50.9 Å². The Kier molecular flexibility index (Phi) is 7.47. The third-order valence-corrected chi connectivity index (χ3v) is 8.60. The van der Waals surface area contributed by atoms with E-state index in [9.17, 15) is 4.79 Å². The van der Waals surface area contributed by atoms with E-state index in [-0.39, 0.29) is 12.0 Å². The second-order valence-electron chi connectivity index (χ2n) is 10.8. The Morgan fingerprint density at radius 1 is 1.05 bits per heavy atom. The topological polar surface area (TPSA) is 75.1 Å².